The molecule has 0 rings (SSSR count). The van der Waals surface area contributed by atoms with E-state index in [0.29, 0.717) is 6.54 Å². The van der Waals surface area contributed by atoms with Crippen LogP contribution in [0.25, 0.3) is 0 Å². The fourth-order valence-electron chi connectivity index (χ4n) is 1.22. The first-order valence-corrected chi connectivity index (χ1v) is 5.72. The van der Waals surface area contributed by atoms with Crippen LogP contribution in [0, 0.1) is 11.8 Å². The Bertz CT molecular complexity index is 294. The van der Waals surface area contributed by atoms with Crippen molar-refractivity contribution in [3.8, 4) is 0 Å². The Morgan fingerprint density at radius 3 is 2.24 bits per heavy atom. The van der Waals surface area contributed by atoms with E-state index in [9.17, 15) is 9.59 Å². The Kier molecular flexibility index (Phi) is 7.02. The van der Waals surface area contributed by atoms with Crippen molar-refractivity contribution in [1.29, 1.82) is 0 Å². The number of hydrogen-bond donors (Lipinski definition) is 3. The van der Waals surface area contributed by atoms with Crippen LogP contribution in [0.3, 0.4) is 0 Å². The molecule has 1 unspecified atom stereocenters. The van der Waals surface area contributed by atoms with Crippen molar-refractivity contribution >= 4 is 12.0 Å². The minimum atomic E-state index is -0.885. The van der Waals surface area contributed by atoms with Crippen LogP contribution < -0.4 is 10.6 Å². The number of carboxylic acids is 1. The number of urea groups is 1. The lowest BCUT2D eigenvalue weighted by atomic mass is 9.96. The highest BCUT2D eigenvalue weighted by Crippen LogP contribution is 2.09. The van der Waals surface area contributed by atoms with Gasteiger partial charge in [-0.3, -0.25) is 4.79 Å². The van der Waals surface area contributed by atoms with Gasteiger partial charge in [-0.05, 0) is 19.8 Å². The third-order valence-electron chi connectivity index (χ3n) is 2.38. The Morgan fingerprint density at radius 2 is 1.82 bits per heavy atom. The van der Waals surface area contributed by atoms with E-state index in [2.05, 4.69) is 10.6 Å². The Labute approximate surface area is 102 Å². The summed E-state index contributed by atoms with van der Waals surface area (Å²) in [5, 5.41) is 14.1. The van der Waals surface area contributed by atoms with Gasteiger partial charge in [-0.25, -0.2) is 4.79 Å². The molecule has 98 valence electrons. The van der Waals surface area contributed by atoms with E-state index >= 15 is 0 Å². The van der Waals surface area contributed by atoms with Crippen LogP contribution in [0.4, 0.5) is 4.79 Å². The van der Waals surface area contributed by atoms with Crippen molar-refractivity contribution in [1.82, 2.24) is 10.6 Å². The maximum atomic E-state index is 11.3. The van der Waals surface area contributed by atoms with Gasteiger partial charge in [0.2, 0.25) is 0 Å². The summed E-state index contributed by atoms with van der Waals surface area (Å²) in [6.07, 6.45) is 1.89. The van der Waals surface area contributed by atoms with Gasteiger partial charge < -0.3 is 15.7 Å². The van der Waals surface area contributed by atoms with Crippen molar-refractivity contribution in [3.05, 3.63) is 11.6 Å². The molecule has 5 nitrogen and oxygen atoms in total. The average Bonchev–Trinajstić information content (AvgIpc) is 2.15. The summed E-state index contributed by atoms with van der Waals surface area (Å²) in [5.41, 5.74) is 1.12. The molecule has 0 radical (unpaired) electrons. The third-order valence-corrected chi connectivity index (χ3v) is 2.38. The number of aliphatic carboxylic acids is 1. The second kappa shape index (κ2) is 7.70. The van der Waals surface area contributed by atoms with Gasteiger partial charge in [0, 0.05) is 13.1 Å². The van der Waals surface area contributed by atoms with Crippen LogP contribution >= 0.6 is 0 Å². The van der Waals surface area contributed by atoms with Crippen molar-refractivity contribution in [2.24, 2.45) is 11.8 Å². The molecule has 0 aliphatic carbocycles. The minimum absolute atomic E-state index is 0.00872. The molecule has 0 aromatic carbocycles. The molecule has 0 saturated heterocycles. The molecule has 0 bridgehead atoms. The summed E-state index contributed by atoms with van der Waals surface area (Å²) in [5.74, 6) is -1.45. The van der Waals surface area contributed by atoms with Crippen LogP contribution in [0.5, 0.6) is 0 Å². The molecular formula is C12H22N2O3. The maximum Gasteiger partial charge on any atom is 0.315 e. The smallest absolute Gasteiger partial charge is 0.315 e. The Balaban J connectivity index is 3.97. The highest BCUT2D eigenvalue weighted by Gasteiger charge is 2.21. The zero-order valence-electron chi connectivity index (χ0n) is 10.9. The predicted octanol–water partition coefficient (Wildman–Crippen LogP) is 1.61. The SMILES string of the molecule is CC(C)=CCNC(=O)NCC(C(=O)O)C(C)C. The first kappa shape index (κ1) is 15.5. The van der Waals surface area contributed by atoms with Crippen molar-refractivity contribution in [2.45, 2.75) is 27.7 Å². The summed E-state index contributed by atoms with van der Waals surface area (Å²) in [7, 11) is 0. The first-order chi connectivity index (χ1) is 7.84. The van der Waals surface area contributed by atoms with E-state index in [1.807, 2.05) is 33.8 Å². The van der Waals surface area contributed by atoms with Gasteiger partial charge in [0.25, 0.3) is 0 Å². The molecule has 17 heavy (non-hydrogen) atoms. The molecule has 0 aromatic heterocycles. The third kappa shape index (κ3) is 7.38. The van der Waals surface area contributed by atoms with Crippen LogP contribution in [-0.2, 0) is 4.79 Å². The quantitative estimate of drug-likeness (QED) is 0.619. The molecule has 1 atom stereocenters. The molecule has 0 aliphatic rings. The van der Waals surface area contributed by atoms with E-state index < -0.39 is 11.9 Å². The molecule has 0 spiro atoms. The van der Waals surface area contributed by atoms with Crippen LogP contribution in [0.2, 0.25) is 0 Å². The zero-order valence-corrected chi connectivity index (χ0v) is 10.9. The van der Waals surface area contributed by atoms with Gasteiger partial charge in [-0.1, -0.05) is 25.5 Å². The van der Waals surface area contributed by atoms with Crippen molar-refractivity contribution in [3.63, 3.8) is 0 Å². The number of allylic oxidation sites excluding steroid dienone is 1. The van der Waals surface area contributed by atoms with Crippen LogP contribution in [0.15, 0.2) is 11.6 Å². The molecule has 0 saturated carbocycles. The summed E-state index contributed by atoms with van der Waals surface area (Å²) >= 11 is 0. The number of amides is 2. The predicted molar refractivity (Wildman–Crippen MR) is 66.8 cm³/mol. The summed E-state index contributed by atoms with van der Waals surface area (Å²) < 4.78 is 0. The number of carbonyl (C=O) groups excluding carboxylic acids is 1. The molecule has 5 heteroatoms. The van der Waals surface area contributed by atoms with Crippen LogP contribution in [0.1, 0.15) is 27.7 Å². The normalized spacial score (nSPS) is 11.8. The Morgan fingerprint density at radius 1 is 1.24 bits per heavy atom. The van der Waals surface area contributed by atoms with Gasteiger partial charge in [0.15, 0.2) is 0 Å². The monoisotopic (exact) mass is 242 g/mol. The number of carboxylic acid groups (broad SMARTS) is 1. The second-order valence-electron chi connectivity index (χ2n) is 4.56. The van der Waals surface area contributed by atoms with Crippen molar-refractivity contribution in [2.75, 3.05) is 13.1 Å². The molecule has 2 amide bonds. The average molecular weight is 242 g/mol. The van der Waals surface area contributed by atoms with Gasteiger partial charge in [-0.15, -0.1) is 0 Å². The van der Waals surface area contributed by atoms with E-state index in [4.69, 9.17) is 5.11 Å². The first-order valence-electron chi connectivity index (χ1n) is 5.72. The minimum Gasteiger partial charge on any atom is -0.481 e. The number of rotatable bonds is 6. The highest BCUT2D eigenvalue weighted by molar-refractivity contribution is 5.76. The fourth-order valence-corrected chi connectivity index (χ4v) is 1.22. The standard InChI is InChI=1S/C12H22N2O3/c1-8(2)5-6-13-12(17)14-7-10(9(3)4)11(15)16/h5,9-10H,6-7H2,1-4H3,(H,15,16)(H2,13,14,17). The number of hydrogen-bond acceptors (Lipinski definition) is 2. The van der Waals surface area contributed by atoms with Gasteiger partial charge in [-0.2, -0.15) is 0 Å². The lowest BCUT2D eigenvalue weighted by Crippen LogP contribution is -2.41. The van der Waals surface area contributed by atoms with Crippen LogP contribution in [-0.4, -0.2) is 30.2 Å². The largest absolute Gasteiger partial charge is 0.481 e. The number of carbonyl (C=O) groups is 2. The molecule has 0 aromatic rings. The summed E-state index contributed by atoms with van der Waals surface area (Å²) in [4.78, 5) is 22.2. The molecule has 0 aliphatic heterocycles. The lowest BCUT2D eigenvalue weighted by molar-refractivity contribution is -0.142. The van der Waals surface area contributed by atoms with E-state index in [-0.39, 0.29) is 18.5 Å². The molecule has 0 heterocycles. The molecule has 0 fully saturated rings. The Hall–Kier alpha value is -1.52. The highest BCUT2D eigenvalue weighted by atomic mass is 16.4. The summed E-state index contributed by atoms with van der Waals surface area (Å²) in [6.45, 7) is 8.13. The second-order valence-corrected chi connectivity index (χ2v) is 4.56. The summed E-state index contributed by atoms with van der Waals surface area (Å²) in [6, 6.07) is -0.339. The van der Waals surface area contributed by atoms with E-state index in [1.165, 1.54) is 0 Å². The maximum absolute atomic E-state index is 11.3. The topological polar surface area (TPSA) is 78.4 Å². The van der Waals surface area contributed by atoms with Gasteiger partial charge in [0.05, 0.1) is 5.92 Å². The lowest BCUT2D eigenvalue weighted by Gasteiger charge is -2.16. The zero-order chi connectivity index (χ0) is 13.4. The van der Waals surface area contributed by atoms with Crippen molar-refractivity contribution < 1.29 is 14.7 Å². The van der Waals surface area contributed by atoms with E-state index in [0.717, 1.165) is 5.57 Å². The van der Waals surface area contributed by atoms with Gasteiger partial charge in [0.1, 0.15) is 0 Å². The molecular weight excluding hydrogens is 220 g/mol. The fraction of sp³-hybridized carbons (Fsp3) is 0.667. The van der Waals surface area contributed by atoms with E-state index in [1.54, 1.807) is 0 Å². The van der Waals surface area contributed by atoms with Gasteiger partial charge >= 0.3 is 12.0 Å². The number of nitrogens with one attached hydrogen (secondary N) is 2. The molecule has 3 N–H and O–H groups in total.